The van der Waals surface area contributed by atoms with Crippen LogP contribution in [-0.2, 0) is 0 Å². The molecule has 0 atom stereocenters. The predicted molar refractivity (Wildman–Crippen MR) is 52.0 cm³/mol. The number of aromatic carboxylic acids is 1. The van der Waals surface area contributed by atoms with Crippen molar-refractivity contribution in [2.75, 3.05) is 6.61 Å². The molecule has 0 fully saturated rings. The summed E-state index contributed by atoms with van der Waals surface area (Å²) >= 11 is 1.38. The Bertz CT molecular complexity index is 314. The molecule has 1 aromatic rings. The number of rotatable bonds is 4. The van der Waals surface area contributed by atoms with Crippen LogP contribution in [0.15, 0.2) is 17.5 Å². The Morgan fingerprint density at radius 1 is 1.62 bits per heavy atom. The maximum absolute atomic E-state index is 10.6. The van der Waals surface area contributed by atoms with Gasteiger partial charge in [-0.2, -0.15) is 0 Å². The predicted octanol–water partition coefficient (Wildman–Crippen LogP) is 1.84. The minimum Gasteiger partial charge on any atom is -0.478 e. The van der Waals surface area contributed by atoms with Crippen LogP contribution in [-0.4, -0.2) is 22.8 Å². The molecule has 3 nitrogen and oxygen atoms in total. The molecule has 2 N–H and O–H groups in total. The summed E-state index contributed by atoms with van der Waals surface area (Å²) in [5.74, 6) is -0.912. The number of aliphatic hydroxyl groups excluding tert-OH is 1. The largest absolute Gasteiger partial charge is 0.478 e. The fraction of sp³-hybridized carbons (Fsp3) is 0.222. The molecule has 1 rings (SSSR count). The molecule has 0 radical (unpaired) electrons. The SMILES string of the molecule is O=C(O)c1ccsc1C=CCCO. The monoisotopic (exact) mass is 198 g/mol. The van der Waals surface area contributed by atoms with Gasteiger partial charge in [0.15, 0.2) is 0 Å². The van der Waals surface area contributed by atoms with E-state index in [4.69, 9.17) is 10.2 Å². The molecular formula is C9H10O3S. The van der Waals surface area contributed by atoms with Crippen LogP contribution in [0.1, 0.15) is 21.7 Å². The Morgan fingerprint density at radius 3 is 3.00 bits per heavy atom. The summed E-state index contributed by atoms with van der Waals surface area (Å²) in [5.41, 5.74) is 0.319. The summed E-state index contributed by atoms with van der Waals surface area (Å²) < 4.78 is 0. The van der Waals surface area contributed by atoms with E-state index in [2.05, 4.69) is 0 Å². The summed E-state index contributed by atoms with van der Waals surface area (Å²) in [6, 6.07) is 1.58. The summed E-state index contributed by atoms with van der Waals surface area (Å²) in [4.78, 5) is 11.4. The Morgan fingerprint density at radius 2 is 2.38 bits per heavy atom. The van der Waals surface area contributed by atoms with E-state index in [1.165, 1.54) is 11.3 Å². The van der Waals surface area contributed by atoms with Gasteiger partial charge in [0.1, 0.15) is 0 Å². The zero-order chi connectivity index (χ0) is 9.68. The third-order valence-electron chi connectivity index (χ3n) is 1.49. The van der Waals surface area contributed by atoms with Gasteiger partial charge in [0.05, 0.1) is 5.56 Å². The smallest absolute Gasteiger partial charge is 0.337 e. The molecule has 13 heavy (non-hydrogen) atoms. The van der Waals surface area contributed by atoms with Crippen LogP contribution in [0.2, 0.25) is 0 Å². The summed E-state index contributed by atoms with van der Waals surface area (Å²) in [7, 11) is 0. The highest BCUT2D eigenvalue weighted by Gasteiger charge is 2.07. The van der Waals surface area contributed by atoms with Crippen LogP contribution in [0.25, 0.3) is 6.08 Å². The highest BCUT2D eigenvalue weighted by Crippen LogP contribution is 2.18. The van der Waals surface area contributed by atoms with Crippen LogP contribution < -0.4 is 0 Å². The lowest BCUT2D eigenvalue weighted by Crippen LogP contribution is -1.94. The minimum atomic E-state index is -0.912. The van der Waals surface area contributed by atoms with Gasteiger partial charge in [0, 0.05) is 11.5 Å². The lowest BCUT2D eigenvalue weighted by molar-refractivity contribution is 0.0697. The van der Waals surface area contributed by atoms with Gasteiger partial charge in [-0.3, -0.25) is 0 Å². The van der Waals surface area contributed by atoms with Crippen LogP contribution in [0.4, 0.5) is 0 Å². The molecular weight excluding hydrogens is 188 g/mol. The van der Waals surface area contributed by atoms with Crippen LogP contribution in [0.3, 0.4) is 0 Å². The van der Waals surface area contributed by atoms with Gasteiger partial charge in [0.25, 0.3) is 0 Å². The standard InChI is InChI=1S/C9H10O3S/c10-5-2-1-3-8-7(9(11)12)4-6-13-8/h1,3-4,6,10H,2,5H2,(H,11,12). The molecule has 0 saturated carbocycles. The number of hydrogen-bond acceptors (Lipinski definition) is 3. The Kier molecular flexibility index (Phi) is 3.67. The van der Waals surface area contributed by atoms with E-state index < -0.39 is 5.97 Å². The van der Waals surface area contributed by atoms with Crippen molar-refractivity contribution >= 4 is 23.4 Å². The molecule has 70 valence electrons. The second-order valence-corrected chi connectivity index (χ2v) is 3.37. The first-order valence-corrected chi connectivity index (χ1v) is 4.72. The number of carboxylic acid groups (broad SMARTS) is 1. The van der Waals surface area contributed by atoms with Crippen molar-refractivity contribution in [1.29, 1.82) is 0 Å². The van der Waals surface area contributed by atoms with E-state index in [9.17, 15) is 4.79 Å². The normalized spacial score (nSPS) is 10.8. The van der Waals surface area contributed by atoms with Crippen LogP contribution in [0.5, 0.6) is 0 Å². The fourth-order valence-corrected chi connectivity index (χ4v) is 1.70. The lowest BCUT2D eigenvalue weighted by atomic mass is 10.2. The highest BCUT2D eigenvalue weighted by atomic mass is 32.1. The van der Waals surface area contributed by atoms with E-state index in [1.807, 2.05) is 0 Å². The molecule has 4 heteroatoms. The summed E-state index contributed by atoms with van der Waals surface area (Å²) in [6.07, 6.45) is 4.04. The minimum absolute atomic E-state index is 0.0876. The molecule has 0 aliphatic carbocycles. The Labute approximate surface area is 80.0 Å². The highest BCUT2D eigenvalue weighted by molar-refractivity contribution is 7.11. The quantitative estimate of drug-likeness (QED) is 0.776. The molecule has 0 unspecified atom stereocenters. The number of carbonyl (C=O) groups is 1. The van der Waals surface area contributed by atoms with Gasteiger partial charge < -0.3 is 10.2 Å². The van der Waals surface area contributed by atoms with E-state index in [-0.39, 0.29) is 6.61 Å². The molecule has 0 amide bonds. The maximum Gasteiger partial charge on any atom is 0.337 e. The number of thiophene rings is 1. The molecule has 0 aliphatic heterocycles. The number of hydrogen-bond donors (Lipinski definition) is 2. The van der Waals surface area contributed by atoms with Crippen molar-refractivity contribution in [3.05, 3.63) is 28.0 Å². The maximum atomic E-state index is 10.6. The first-order chi connectivity index (χ1) is 6.25. The van der Waals surface area contributed by atoms with Gasteiger partial charge in [-0.1, -0.05) is 6.08 Å². The number of aliphatic hydroxyl groups is 1. The third kappa shape index (κ3) is 2.68. The molecule has 0 bridgehead atoms. The van der Waals surface area contributed by atoms with E-state index in [1.54, 1.807) is 23.6 Å². The average molecular weight is 198 g/mol. The van der Waals surface area contributed by atoms with Crippen molar-refractivity contribution in [3.63, 3.8) is 0 Å². The first kappa shape index (κ1) is 9.95. The molecule has 0 aromatic carbocycles. The lowest BCUT2D eigenvalue weighted by Gasteiger charge is -1.90. The van der Waals surface area contributed by atoms with Crippen molar-refractivity contribution in [3.8, 4) is 0 Å². The molecule has 0 saturated heterocycles. The Hall–Kier alpha value is -1.13. The second-order valence-electron chi connectivity index (χ2n) is 2.42. The Balaban J connectivity index is 2.76. The second kappa shape index (κ2) is 4.79. The van der Waals surface area contributed by atoms with Gasteiger partial charge in [0.2, 0.25) is 0 Å². The van der Waals surface area contributed by atoms with Crippen LogP contribution >= 0.6 is 11.3 Å². The van der Waals surface area contributed by atoms with Gasteiger partial charge in [-0.15, -0.1) is 11.3 Å². The fourth-order valence-electron chi connectivity index (χ4n) is 0.892. The van der Waals surface area contributed by atoms with Crippen molar-refractivity contribution < 1.29 is 15.0 Å². The molecule has 1 aromatic heterocycles. The molecule has 0 spiro atoms. The number of carboxylic acids is 1. The molecule has 1 heterocycles. The summed E-state index contributed by atoms with van der Waals surface area (Å²) in [6.45, 7) is 0.0876. The van der Waals surface area contributed by atoms with Crippen molar-refractivity contribution in [2.24, 2.45) is 0 Å². The topological polar surface area (TPSA) is 57.5 Å². The molecule has 0 aliphatic rings. The average Bonchev–Trinajstić information content (AvgIpc) is 2.53. The zero-order valence-corrected chi connectivity index (χ0v) is 7.75. The third-order valence-corrected chi connectivity index (χ3v) is 2.37. The van der Waals surface area contributed by atoms with Gasteiger partial charge in [-0.25, -0.2) is 4.79 Å². The van der Waals surface area contributed by atoms with E-state index in [0.717, 1.165) is 4.88 Å². The first-order valence-electron chi connectivity index (χ1n) is 3.84. The van der Waals surface area contributed by atoms with Crippen molar-refractivity contribution in [1.82, 2.24) is 0 Å². The van der Waals surface area contributed by atoms with Crippen molar-refractivity contribution in [2.45, 2.75) is 6.42 Å². The zero-order valence-electron chi connectivity index (χ0n) is 6.93. The van der Waals surface area contributed by atoms with Gasteiger partial charge >= 0.3 is 5.97 Å². The van der Waals surface area contributed by atoms with E-state index >= 15 is 0 Å². The van der Waals surface area contributed by atoms with E-state index in [0.29, 0.717) is 12.0 Å². The van der Waals surface area contributed by atoms with Gasteiger partial charge in [-0.05, 0) is 23.9 Å². The summed E-state index contributed by atoms with van der Waals surface area (Å²) in [5, 5.41) is 19.0. The van der Waals surface area contributed by atoms with Crippen LogP contribution in [0, 0.1) is 0 Å².